The molecule has 3 rings (SSSR count). The molecule has 0 unspecified atom stereocenters. The lowest BCUT2D eigenvalue weighted by Crippen LogP contribution is -2.45. The van der Waals surface area contributed by atoms with Crippen LogP contribution in [0.5, 0.6) is 0 Å². The van der Waals surface area contributed by atoms with Crippen LogP contribution >= 0.6 is 0 Å². The van der Waals surface area contributed by atoms with Crippen LogP contribution in [0.3, 0.4) is 0 Å². The minimum atomic E-state index is -3.98. The van der Waals surface area contributed by atoms with E-state index in [2.05, 4.69) is 20.3 Å². The highest BCUT2D eigenvalue weighted by Gasteiger charge is 2.30. The summed E-state index contributed by atoms with van der Waals surface area (Å²) in [5.74, 6) is 0.462. The van der Waals surface area contributed by atoms with Crippen LogP contribution in [-0.4, -0.2) is 64.0 Å². The zero-order chi connectivity index (χ0) is 21.7. The van der Waals surface area contributed by atoms with Crippen LogP contribution in [0, 0.1) is 0 Å². The second-order valence-electron chi connectivity index (χ2n) is 6.46. The van der Waals surface area contributed by atoms with E-state index in [9.17, 15) is 18.6 Å². The first-order valence-electron chi connectivity index (χ1n) is 8.92. The molecule has 0 spiro atoms. The van der Waals surface area contributed by atoms with Gasteiger partial charge in [0, 0.05) is 20.2 Å². The lowest BCUT2D eigenvalue weighted by molar-refractivity contribution is -0.0994. The fourth-order valence-electron chi connectivity index (χ4n) is 2.85. The topological polar surface area (TPSA) is 178 Å². The van der Waals surface area contributed by atoms with Gasteiger partial charge in [-0.05, 0) is 5.56 Å². The van der Waals surface area contributed by atoms with Gasteiger partial charge in [-0.1, -0.05) is 30.3 Å². The largest absolute Gasteiger partial charge is 0.386 e. The molecule has 6 N–H and O–H groups in total. The molecule has 2 aromatic heterocycles. The predicted molar refractivity (Wildman–Crippen MR) is 108 cm³/mol. The summed E-state index contributed by atoms with van der Waals surface area (Å²) >= 11 is 0. The van der Waals surface area contributed by atoms with Crippen molar-refractivity contribution in [3.63, 3.8) is 0 Å². The third-order valence-electron chi connectivity index (χ3n) is 4.42. The van der Waals surface area contributed by atoms with Gasteiger partial charge in [0.05, 0.1) is 6.33 Å². The molecule has 12 nitrogen and oxygen atoms in total. The van der Waals surface area contributed by atoms with E-state index in [0.29, 0.717) is 17.9 Å². The average molecular weight is 437 g/mol. The molecule has 162 valence electrons. The molecule has 0 bridgehead atoms. The predicted octanol–water partition coefficient (Wildman–Crippen LogP) is -0.902. The number of nitrogens with one attached hydrogen (secondary N) is 2. The number of aliphatic hydroxyl groups is 2. The number of rotatable bonds is 10. The zero-order valence-corrected chi connectivity index (χ0v) is 16.9. The quantitative estimate of drug-likeness (QED) is 0.269. The van der Waals surface area contributed by atoms with Crippen molar-refractivity contribution in [2.24, 2.45) is 5.14 Å². The molecule has 30 heavy (non-hydrogen) atoms. The maximum absolute atomic E-state index is 11.1. The Labute approximate surface area is 172 Å². The van der Waals surface area contributed by atoms with Gasteiger partial charge in [0.15, 0.2) is 23.2 Å². The molecule has 0 saturated heterocycles. The van der Waals surface area contributed by atoms with E-state index in [-0.39, 0.29) is 12.2 Å². The van der Waals surface area contributed by atoms with Crippen LogP contribution in [-0.2, 0) is 21.5 Å². The second kappa shape index (κ2) is 9.42. The van der Waals surface area contributed by atoms with Crippen molar-refractivity contribution in [1.82, 2.24) is 24.2 Å². The first-order chi connectivity index (χ1) is 14.3. The van der Waals surface area contributed by atoms with Gasteiger partial charge in [-0.2, -0.15) is 13.1 Å². The number of imidazole rings is 1. The number of nitrogens with two attached hydrogens (primary N) is 1. The Morgan fingerprint density at radius 1 is 1.20 bits per heavy atom. The smallest absolute Gasteiger partial charge is 0.274 e. The fraction of sp³-hybridized carbons (Fsp3) is 0.353. The average Bonchev–Trinajstić information content (AvgIpc) is 3.16. The lowest BCUT2D eigenvalue weighted by Gasteiger charge is -2.26. The van der Waals surface area contributed by atoms with E-state index in [1.165, 1.54) is 24.3 Å². The Morgan fingerprint density at radius 2 is 1.93 bits per heavy atom. The van der Waals surface area contributed by atoms with E-state index in [1.54, 1.807) is 0 Å². The molecule has 0 amide bonds. The molecule has 13 heteroatoms. The Balaban J connectivity index is 1.78. The van der Waals surface area contributed by atoms with Crippen molar-refractivity contribution in [2.75, 3.05) is 19.0 Å². The minimum absolute atomic E-state index is 0.279. The highest BCUT2D eigenvalue weighted by molar-refractivity contribution is 7.87. The molecule has 2 heterocycles. The highest BCUT2D eigenvalue weighted by atomic mass is 32.2. The van der Waals surface area contributed by atoms with E-state index < -0.39 is 28.6 Å². The summed E-state index contributed by atoms with van der Waals surface area (Å²) in [5, 5.41) is 29.1. The molecule has 0 aliphatic heterocycles. The van der Waals surface area contributed by atoms with Crippen LogP contribution in [0.4, 0.5) is 5.82 Å². The van der Waals surface area contributed by atoms with Gasteiger partial charge in [-0.25, -0.2) is 20.1 Å². The van der Waals surface area contributed by atoms with Crippen LogP contribution in [0.25, 0.3) is 11.2 Å². The highest BCUT2D eigenvalue weighted by Crippen LogP contribution is 2.23. The molecular formula is C17H23N7O5S. The third kappa shape index (κ3) is 5.27. The van der Waals surface area contributed by atoms with Crippen molar-refractivity contribution >= 4 is 27.2 Å². The number of ether oxygens (including phenoxy) is 1. The van der Waals surface area contributed by atoms with Crippen LogP contribution < -0.4 is 15.2 Å². The van der Waals surface area contributed by atoms with Crippen molar-refractivity contribution in [3.8, 4) is 0 Å². The van der Waals surface area contributed by atoms with Gasteiger partial charge in [-0.15, -0.1) is 0 Å². The minimum Gasteiger partial charge on any atom is -0.386 e. The Hall–Kier alpha value is -2.68. The standard InChI is InChI=1S/C17H23N7O5S/c1-29-12(8-23-30(18,27)28)14(25)17(26)24-10-22-13-15(20-9-21-16(13)24)19-7-11-5-3-2-4-6-11/h2-6,9-10,12,14,17,23,25-26H,7-8H2,1H3,(H2,18,27,28)(H,19,20,21)/t12-,14-,17-/m1/s1. The summed E-state index contributed by atoms with van der Waals surface area (Å²) in [6, 6.07) is 9.70. The van der Waals surface area contributed by atoms with Gasteiger partial charge in [-0.3, -0.25) is 4.57 Å². The number of methoxy groups -OCH3 is 1. The first-order valence-corrected chi connectivity index (χ1v) is 10.5. The molecule has 0 saturated carbocycles. The molecular weight excluding hydrogens is 414 g/mol. The Morgan fingerprint density at radius 3 is 2.60 bits per heavy atom. The summed E-state index contributed by atoms with van der Waals surface area (Å²) < 4.78 is 30.5. The lowest BCUT2D eigenvalue weighted by atomic mass is 10.1. The number of hydrogen-bond acceptors (Lipinski definition) is 9. The molecule has 3 atom stereocenters. The van der Waals surface area contributed by atoms with Crippen LogP contribution in [0.1, 0.15) is 11.8 Å². The number of anilines is 1. The Kier molecular flexibility index (Phi) is 6.91. The summed E-state index contributed by atoms with van der Waals surface area (Å²) in [6.07, 6.45) is -1.48. The number of nitrogens with zero attached hydrogens (tertiary/aromatic N) is 4. The van der Waals surface area contributed by atoms with Gasteiger partial charge in [0.1, 0.15) is 18.5 Å². The van der Waals surface area contributed by atoms with Crippen molar-refractivity contribution in [2.45, 2.75) is 25.0 Å². The Bertz CT molecular complexity index is 1080. The maximum atomic E-state index is 11.1. The van der Waals surface area contributed by atoms with Gasteiger partial charge < -0.3 is 20.3 Å². The summed E-state index contributed by atoms with van der Waals surface area (Å²) in [4.78, 5) is 12.6. The zero-order valence-electron chi connectivity index (χ0n) is 16.1. The van der Waals surface area contributed by atoms with Gasteiger partial charge in [0.2, 0.25) is 0 Å². The molecule has 0 radical (unpaired) electrons. The van der Waals surface area contributed by atoms with Crippen molar-refractivity contribution < 1.29 is 23.4 Å². The molecule has 3 aromatic rings. The SMILES string of the molecule is CO[C@H](CNS(N)(=O)=O)[C@@H](O)[C@@H](O)n1cnc2c(NCc3ccccc3)ncnc21. The third-order valence-corrected chi connectivity index (χ3v) is 4.99. The molecule has 0 fully saturated rings. The maximum Gasteiger partial charge on any atom is 0.274 e. The van der Waals surface area contributed by atoms with E-state index >= 15 is 0 Å². The van der Waals surface area contributed by atoms with E-state index in [0.717, 1.165) is 5.56 Å². The number of aromatic nitrogens is 4. The van der Waals surface area contributed by atoms with E-state index in [1.807, 2.05) is 35.1 Å². The van der Waals surface area contributed by atoms with Crippen LogP contribution in [0.2, 0.25) is 0 Å². The van der Waals surface area contributed by atoms with Gasteiger partial charge in [0.25, 0.3) is 10.2 Å². The second-order valence-corrected chi connectivity index (χ2v) is 7.84. The van der Waals surface area contributed by atoms with Crippen molar-refractivity contribution in [3.05, 3.63) is 48.5 Å². The van der Waals surface area contributed by atoms with Crippen molar-refractivity contribution in [1.29, 1.82) is 0 Å². The number of benzene rings is 1. The summed E-state index contributed by atoms with van der Waals surface area (Å²) in [5.41, 5.74) is 1.72. The number of hydrogen-bond donors (Lipinski definition) is 5. The van der Waals surface area contributed by atoms with Crippen LogP contribution in [0.15, 0.2) is 43.0 Å². The number of fused-ring (bicyclic) bond motifs is 1. The summed E-state index contributed by atoms with van der Waals surface area (Å²) in [7, 11) is -2.71. The van der Waals surface area contributed by atoms with E-state index in [4.69, 9.17) is 9.88 Å². The molecule has 1 aromatic carbocycles. The normalized spacial score (nSPS) is 15.1. The molecule has 0 aliphatic rings. The first kappa shape index (κ1) is 22.0. The molecule has 0 aliphatic carbocycles. The number of aliphatic hydroxyl groups excluding tert-OH is 2. The summed E-state index contributed by atoms with van der Waals surface area (Å²) in [6.45, 7) is 0.176. The fourth-order valence-corrected chi connectivity index (χ4v) is 3.25. The van der Waals surface area contributed by atoms with Gasteiger partial charge >= 0.3 is 0 Å². The monoisotopic (exact) mass is 437 g/mol.